The third-order valence-corrected chi connectivity index (χ3v) is 2.99. The molecule has 96 valence electrons. The van der Waals surface area contributed by atoms with E-state index in [1.165, 1.54) is 0 Å². The minimum atomic E-state index is -0.0111. The molecule has 1 amide bonds. The summed E-state index contributed by atoms with van der Waals surface area (Å²) in [4.78, 5) is 14.2. The Morgan fingerprint density at radius 3 is 2.83 bits per heavy atom. The van der Waals surface area contributed by atoms with Crippen molar-refractivity contribution in [1.29, 1.82) is 0 Å². The fraction of sp³-hybridized carbons (Fsp3) is 0.357. The Bertz CT molecular complexity index is 467. The number of carbonyl (C=O) groups excluding carboxylic acids is 1. The van der Waals surface area contributed by atoms with Gasteiger partial charge >= 0.3 is 0 Å². The second kappa shape index (κ2) is 5.12. The maximum absolute atomic E-state index is 12.4. The van der Waals surface area contributed by atoms with E-state index in [0.717, 1.165) is 12.8 Å². The highest BCUT2D eigenvalue weighted by molar-refractivity contribution is 5.96. The summed E-state index contributed by atoms with van der Waals surface area (Å²) in [6, 6.07) is 5.45. The van der Waals surface area contributed by atoms with Gasteiger partial charge in [0.1, 0.15) is 5.75 Å². The van der Waals surface area contributed by atoms with E-state index in [1.807, 2.05) is 4.90 Å². The van der Waals surface area contributed by atoms with Crippen LogP contribution in [-0.2, 0) is 0 Å². The van der Waals surface area contributed by atoms with Gasteiger partial charge in [0.2, 0.25) is 0 Å². The molecule has 0 bridgehead atoms. The second-order valence-electron chi connectivity index (χ2n) is 4.47. The van der Waals surface area contributed by atoms with E-state index in [0.29, 0.717) is 29.6 Å². The molecule has 18 heavy (non-hydrogen) atoms. The van der Waals surface area contributed by atoms with Crippen molar-refractivity contribution in [2.45, 2.75) is 18.9 Å². The molecule has 2 rings (SSSR count). The predicted octanol–water partition coefficient (Wildman–Crippen LogP) is 2.07. The number of anilines is 1. The zero-order chi connectivity index (χ0) is 13.1. The van der Waals surface area contributed by atoms with Crippen LogP contribution in [-0.4, -0.2) is 30.5 Å². The summed E-state index contributed by atoms with van der Waals surface area (Å²) in [5.74, 6) is 0.593. The highest BCUT2D eigenvalue weighted by atomic mass is 16.5. The van der Waals surface area contributed by atoms with Crippen LogP contribution in [0.2, 0.25) is 0 Å². The smallest absolute Gasteiger partial charge is 0.254 e. The number of hydrogen-bond acceptors (Lipinski definition) is 3. The number of methoxy groups -OCH3 is 1. The lowest BCUT2D eigenvalue weighted by Gasteiger charge is -2.21. The van der Waals surface area contributed by atoms with E-state index in [4.69, 9.17) is 10.5 Å². The van der Waals surface area contributed by atoms with Gasteiger partial charge in [-0.05, 0) is 25.0 Å². The monoisotopic (exact) mass is 246 g/mol. The SMILES string of the molecule is C=CCN(C(=O)c1cc(N)cc(OC)c1)C1CC1. The van der Waals surface area contributed by atoms with Gasteiger partial charge in [0.25, 0.3) is 5.91 Å². The molecule has 0 aromatic heterocycles. The first-order chi connectivity index (χ1) is 8.65. The lowest BCUT2D eigenvalue weighted by Crippen LogP contribution is -2.33. The summed E-state index contributed by atoms with van der Waals surface area (Å²) in [6.07, 6.45) is 3.89. The van der Waals surface area contributed by atoms with Crippen molar-refractivity contribution in [2.75, 3.05) is 19.4 Å². The summed E-state index contributed by atoms with van der Waals surface area (Å²) in [6.45, 7) is 4.26. The first-order valence-corrected chi connectivity index (χ1v) is 6.02. The van der Waals surface area contributed by atoms with Crippen LogP contribution < -0.4 is 10.5 Å². The number of benzene rings is 1. The average Bonchev–Trinajstić information content (AvgIpc) is 3.18. The first kappa shape index (κ1) is 12.5. The van der Waals surface area contributed by atoms with Crippen LogP contribution in [0.5, 0.6) is 5.75 Å². The Morgan fingerprint density at radius 2 is 2.28 bits per heavy atom. The van der Waals surface area contributed by atoms with Crippen molar-refractivity contribution >= 4 is 11.6 Å². The molecule has 0 atom stereocenters. The molecule has 0 unspecified atom stereocenters. The molecule has 4 nitrogen and oxygen atoms in total. The Balaban J connectivity index is 2.25. The van der Waals surface area contributed by atoms with E-state index in [-0.39, 0.29) is 5.91 Å². The summed E-state index contributed by atoms with van der Waals surface area (Å²) in [5, 5.41) is 0. The van der Waals surface area contributed by atoms with Crippen LogP contribution in [0.3, 0.4) is 0 Å². The van der Waals surface area contributed by atoms with Crippen molar-refractivity contribution < 1.29 is 9.53 Å². The third-order valence-electron chi connectivity index (χ3n) is 2.99. The molecule has 0 saturated heterocycles. The number of rotatable bonds is 5. The van der Waals surface area contributed by atoms with E-state index >= 15 is 0 Å². The van der Waals surface area contributed by atoms with Gasteiger partial charge in [-0.1, -0.05) is 6.08 Å². The number of nitrogens with zero attached hydrogens (tertiary/aromatic N) is 1. The van der Waals surface area contributed by atoms with Crippen molar-refractivity contribution in [3.8, 4) is 5.75 Å². The van der Waals surface area contributed by atoms with Gasteiger partial charge in [-0.15, -0.1) is 6.58 Å². The minimum Gasteiger partial charge on any atom is -0.497 e. The van der Waals surface area contributed by atoms with Crippen molar-refractivity contribution in [3.63, 3.8) is 0 Å². The lowest BCUT2D eigenvalue weighted by molar-refractivity contribution is 0.0762. The number of hydrogen-bond donors (Lipinski definition) is 1. The van der Waals surface area contributed by atoms with E-state index in [2.05, 4.69) is 6.58 Å². The Kier molecular flexibility index (Phi) is 3.55. The summed E-state index contributed by atoms with van der Waals surface area (Å²) < 4.78 is 5.13. The summed E-state index contributed by atoms with van der Waals surface area (Å²) >= 11 is 0. The number of carbonyl (C=O) groups is 1. The molecule has 1 aliphatic carbocycles. The van der Waals surface area contributed by atoms with E-state index in [1.54, 1.807) is 31.4 Å². The van der Waals surface area contributed by atoms with Gasteiger partial charge < -0.3 is 15.4 Å². The van der Waals surface area contributed by atoms with Crippen molar-refractivity contribution in [3.05, 3.63) is 36.4 Å². The van der Waals surface area contributed by atoms with E-state index < -0.39 is 0 Å². The maximum Gasteiger partial charge on any atom is 0.254 e. The molecule has 0 spiro atoms. The number of nitrogens with two attached hydrogens (primary N) is 1. The van der Waals surface area contributed by atoms with Crippen LogP contribution in [0, 0.1) is 0 Å². The molecule has 4 heteroatoms. The Morgan fingerprint density at radius 1 is 1.56 bits per heavy atom. The normalized spacial score (nSPS) is 14.1. The first-order valence-electron chi connectivity index (χ1n) is 6.02. The molecule has 1 aliphatic rings. The lowest BCUT2D eigenvalue weighted by atomic mass is 10.1. The number of amides is 1. The zero-order valence-corrected chi connectivity index (χ0v) is 10.6. The molecule has 1 aromatic rings. The van der Waals surface area contributed by atoms with Crippen LogP contribution in [0.15, 0.2) is 30.9 Å². The Labute approximate surface area is 107 Å². The summed E-state index contributed by atoms with van der Waals surface area (Å²) in [5.41, 5.74) is 6.87. The van der Waals surface area contributed by atoms with Crippen LogP contribution in [0.25, 0.3) is 0 Å². The van der Waals surface area contributed by atoms with E-state index in [9.17, 15) is 4.79 Å². The topological polar surface area (TPSA) is 55.6 Å². The van der Waals surface area contributed by atoms with Gasteiger partial charge in [-0.25, -0.2) is 0 Å². The second-order valence-corrected chi connectivity index (χ2v) is 4.47. The standard InChI is InChI=1S/C14H18N2O2/c1-3-6-16(12-4-5-12)14(17)10-7-11(15)9-13(8-10)18-2/h3,7-9,12H,1,4-6,15H2,2H3. The fourth-order valence-corrected chi connectivity index (χ4v) is 1.95. The number of nitrogen functional groups attached to an aromatic ring is 1. The summed E-state index contributed by atoms with van der Waals surface area (Å²) in [7, 11) is 1.56. The molecule has 2 N–H and O–H groups in total. The average molecular weight is 246 g/mol. The van der Waals surface area contributed by atoms with Gasteiger partial charge in [0.15, 0.2) is 0 Å². The molecule has 0 radical (unpaired) electrons. The molecular weight excluding hydrogens is 228 g/mol. The molecule has 1 fully saturated rings. The van der Waals surface area contributed by atoms with Crippen LogP contribution in [0.4, 0.5) is 5.69 Å². The molecule has 1 saturated carbocycles. The fourth-order valence-electron chi connectivity index (χ4n) is 1.95. The van der Waals surface area contributed by atoms with Gasteiger partial charge in [-0.2, -0.15) is 0 Å². The third kappa shape index (κ3) is 2.64. The van der Waals surface area contributed by atoms with Crippen molar-refractivity contribution in [2.24, 2.45) is 0 Å². The molecule has 1 aromatic carbocycles. The van der Waals surface area contributed by atoms with Gasteiger partial charge in [0, 0.05) is 29.9 Å². The largest absolute Gasteiger partial charge is 0.497 e. The zero-order valence-electron chi connectivity index (χ0n) is 10.6. The van der Waals surface area contributed by atoms with Gasteiger partial charge in [0.05, 0.1) is 7.11 Å². The molecule has 0 aliphatic heterocycles. The highest BCUT2D eigenvalue weighted by Crippen LogP contribution is 2.29. The number of ether oxygens (including phenoxy) is 1. The Hall–Kier alpha value is -1.97. The molecular formula is C14H18N2O2. The highest BCUT2D eigenvalue weighted by Gasteiger charge is 2.32. The minimum absolute atomic E-state index is 0.0111. The molecule has 0 heterocycles. The van der Waals surface area contributed by atoms with Crippen molar-refractivity contribution in [1.82, 2.24) is 4.90 Å². The predicted molar refractivity (Wildman–Crippen MR) is 71.7 cm³/mol. The van der Waals surface area contributed by atoms with Crippen LogP contribution in [0.1, 0.15) is 23.2 Å². The van der Waals surface area contributed by atoms with Crippen LogP contribution >= 0.6 is 0 Å². The van der Waals surface area contributed by atoms with Gasteiger partial charge in [-0.3, -0.25) is 4.79 Å². The maximum atomic E-state index is 12.4. The quantitative estimate of drug-likeness (QED) is 0.639.